The molecule has 4 nitrogen and oxygen atoms in total. The van der Waals surface area contributed by atoms with Crippen LogP contribution in [0.3, 0.4) is 0 Å². The highest BCUT2D eigenvalue weighted by atomic mass is 79.9. The van der Waals surface area contributed by atoms with Gasteiger partial charge in [-0.3, -0.25) is 10.1 Å². The van der Waals surface area contributed by atoms with E-state index in [0.717, 1.165) is 0 Å². The Labute approximate surface area is 592 Å². The van der Waals surface area contributed by atoms with E-state index >= 15 is 0 Å². The maximum atomic E-state index is 11.3. The molecule has 0 rings (SSSR count). The van der Waals surface area contributed by atoms with Gasteiger partial charge in [-0.05, 0) is 116 Å². The summed E-state index contributed by atoms with van der Waals surface area (Å²) in [5.74, 6) is -0.375. The monoisotopic (exact) mass is 1360 g/mol. The number of nitrogens with one attached hydrogen (secondary N) is 1. The predicted octanol–water partition coefficient (Wildman–Crippen LogP) is 32.5. The summed E-state index contributed by atoms with van der Waals surface area (Å²) in [6.45, 7) is 51.3. The van der Waals surface area contributed by atoms with E-state index in [4.69, 9.17) is 5.73 Å². The van der Waals surface area contributed by atoms with Crippen LogP contribution in [0.1, 0.15) is 442 Å². The van der Waals surface area contributed by atoms with Crippen LogP contribution < -0.4 is 11.1 Å². The minimum atomic E-state index is -0.814. The molecule has 0 aromatic heterocycles. The lowest BCUT2D eigenvalue weighted by atomic mass is 10.0. The number of urea groups is 1. The molecule has 5 heteroatoms. The molecule has 0 bridgehead atoms. The Morgan fingerprint density at radius 1 is 0.261 bits per heavy atom. The lowest BCUT2D eigenvalue weighted by Crippen LogP contribution is -2.46. The summed E-state index contributed by atoms with van der Waals surface area (Å²) in [5.41, 5.74) is 4.81. The van der Waals surface area contributed by atoms with Crippen LogP contribution in [0.15, 0.2) is 101 Å². The normalized spacial score (nSPS) is 9.86. The Bertz CT molecular complexity index is 1110. The van der Waals surface area contributed by atoms with Crippen molar-refractivity contribution in [2.45, 2.75) is 446 Å². The number of carbonyl (C=O) groups excluding carboxylic acids is 2. The molecule has 0 atom stereocenters. The fraction of sp³-hybridized carbons (Fsp3) is 0.793. The van der Waals surface area contributed by atoms with Gasteiger partial charge in [0.05, 0.1) is 0 Å². The second-order valence-corrected chi connectivity index (χ2v) is 26.8. The molecule has 0 heterocycles. The summed E-state index contributed by atoms with van der Waals surface area (Å²) in [4.78, 5) is 21.6. The Kier molecular flexibility index (Phi) is 136. The molecule has 0 saturated carbocycles. The van der Waals surface area contributed by atoms with Crippen molar-refractivity contribution in [3.05, 3.63) is 101 Å². The van der Waals surface area contributed by atoms with Crippen LogP contribution in [0.2, 0.25) is 0 Å². The molecule has 0 aliphatic rings. The second kappa shape index (κ2) is 116. The minimum absolute atomic E-state index is 0.375. The van der Waals surface area contributed by atoms with E-state index in [0.29, 0.717) is 12.8 Å². The number of rotatable bonds is 59. The van der Waals surface area contributed by atoms with Crippen molar-refractivity contribution in [2.24, 2.45) is 5.73 Å². The van der Waals surface area contributed by atoms with Crippen molar-refractivity contribution in [3.8, 4) is 0 Å². The molecule has 0 saturated heterocycles. The molecule has 0 fully saturated rings. The highest BCUT2D eigenvalue weighted by molar-refractivity contribution is 9.10. The molecule has 0 aliphatic heterocycles. The van der Waals surface area contributed by atoms with Gasteiger partial charge in [0.1, 0.15) is 4.32 Å². The second-order valence-electron chi connectivity index (χ2n) is 25.3. The molecule has 3 N–H and O–H groups in total. The van der Waals surface area contributed by atoms with Crippen molar-refractivity contribution in [2.75, 3.05) is 0 Å². The number of amides is 3. The Morgan fingerprint density at radius 3 is 0.478 bits per heavy atom. The van der Waals surface area contributed by atoms with Gasteiger partial charge in [-0.15, -0.1) is 52.6 Å². The van der Waals surface area contributed by atoms with E-state index in [9.17, 15) is 9.59 Å². The zero-order valence-corrected chi connectivity index (χ0v) is 66.6. The minimum Gasteiger partial charge on any atom is -0.351 e. The molecular weight excluding hydrogens is 1180 g/mol. The third-order valence-corrected chi connectivity index (χ3v) is 17.3. The first-order chi connectivity index (χ1) is 44.8. The third-order valence-electron chi connectivity index (χ3n) is 15.9. The van der Waals surface area contributed by atoms with Crippen molar-refractivity contribution in [1.82, 2.24) is 5.32 Å². The molecular formula is C87H173BrN2O2. The molecule has 0 aliphatic carbocycles. The number of hydrogen-bond acceptors (Lipinski definition) is 2. The first-order valence-corrected chi connectivity index (χ1v) is 40.7. The van der Waals surface area contributed by atoms with Gasteiger partial charge < -0.3 is 5.73 Å². The quantitative estimate of drug-likeness (QED) is 0.0362. The summed E-state index contributed by atoms with van der Waals surface area (Å²) < 4.78 is -0.665. The van der Waals surface area contributed by atoms with E-state index in [2.05, 4.69) is 124 Å². The molecule has 0 aromatic carbocycles. The first-order valence-electron chi connectivity index (χ1n) is 39.9. The SMILES string of the molecule is C=CCCCCCCCC.C=CCCCCCCCC.C=CCCCCCCCC.C=CCCCCCCCC.C=CCCCCCCCC.C=CCCCCCCCC.C=CCCCCCCCC.C=CCCCCCCCC.CCC(Br)(CC)C(=O)NC(N)=O. The number of hydrogen-bond donors (Lipinski definition) is 2. The fourth-order valence-electron chi connectivity index (χ4n) is 9.35. The lowest BCUT2D eigenvalue weighted by molar-refractivity contribution is -0.122. The standard InChI is InChI=1S/8C10H20.C7H13BrN2O2/c8*1-3-5-7-9-10-8-6-4-2;1-3-7(8,4-2)5(11)10-6(9)12/h8*3H,1,4-10H2,2H3;3-4H2,1-2H3,(H3,9,10,11,12). The molecule has 3 amide bonds. The zero-order chi connectivity index (χ0) is 71.0. The number of halogens is 1. The summed E-state index contributed by atoms with van der Waals surface area (Å²) in [6.07, 6.45) is 93.6. The first kappa shape index (κ1) is 108. The Morgan fingerprint density at radius 2 is 0.380 bits per heavy atom. The Balaban J connectivity index is -0.000000120. The van der Waals surface area contributed by atoms with Crippen molar-refractivity contribution >= 4 is 27.9 Å². The lowest BCUT2D eigenvalue weighted by Gasteiger charge is -2.21. The van der Waals surface area contributed by atoms with Crippen LogP contribution in [0.4, 0.5) is 4.79 Å². The maximum absolute atomic E-state index is 11.3. The summed E-state index contributed by atoms with van der Waals surface area (Å²) >= 11 is 3.26. The van der Waals surface area contributed by atoms with Gasteiger partial charge in [0, 0.05) is 0 Å². The van der Waals surface area contributed by atoms with Crippen LogP contribution in [0.25, 0.3) is 0 Å². The molecule has 550 valence electrons. The average Bonchev–Trinajstić information content (AvgIpc) is 1.09. The van der Waals surface area contributed by atoms with Crippen molar-refractivity contribution in [3.63, 3.8) is 0 Å². The number of allylic oxidation sites excluding steroid dienone is 8. The van der Waals surface area contributed by atoms with Gasteiger partial charge in [-0.25, -0.2) is 4.79 Å². The van der Waals surface area contributed by atoms with E-state index in [1.807, 2.05) is 67.8 Å². The van der Waals surface area contributed by atoms with E-state index in [1.165, 1.54) is 360 Å². The van der Waals surface area contributed by atoms with Crippen molar-refractivity contribution < 1.29 is 9.59 Å². The van der Waals surface area contributed by atoms with Gasteiger partial charge in [-0.1, -0.05) is 391 Å². The number of carbonyl (C=O) groups is 2. The number of nitrogens with two attached hydrogens (primary N) is 1. The topological polar surface area (TPSA) is 72.2 Å². The number of alkyl halides is 1. The van der Waals surface area contributed by atoms with Gasteiger partial charge in [0.25, 0.3) is 0 Å². The molecule has 0 aromatic rings. The number of primary amides is 1. The number of imide groups is 1. The van der Waals surface area contributed by atoms with Gasteiger partial charge in [0.15, 0.2) is 0 Å². The largest absolute Gasteiger partial charge is 0.351 e. The third kappa shape index (κ3) is 135. The fourth-order valence-corrected chi connectivity index (χ4v) is 9.45. The molecule has 0 radical (unpaired) electrons. The summed E-state index contributed by atoms with van der Waals surface area (Å²) in [7, 11) is 0. The van der Waals surface area contributed by atoms with Gasteiger partial charge >= 0.3 is 6.03 Å². The average molecular weight is 1360 g/mol. The van der Waals surface area contributed by atoms with E-state index < -0.39 is 10.4 Å². The Hall–Kier alpha value is -2.66. The zero-order valence-electron chi connectivity index (χ0n) is 65.1. The molecule has 0 spiro atoms. The molecule has 92 heavy (non-hydrogen) atoms. The summed E-state index contributed by atoms with van der Waals surface area (Å²) in [5, 5.41) is 2.04. The maximum Gasteiger partial charge on any atom is 0.318 e. The van der Waals surface area contributed by atoms with Gasteiger partial charge in [-0.2, -0.15) is 0 Å². The van der Waals surface area contributed by atoms with Crippen LogP contribution in [0, 0.1) is 0 Å². The number of unbranched alkanes of at least 4 members (excludes halogenated alkanes) is 48. The van der Waals surface area contributed by atoms with Crippen molar-refractivity contribution in [1.29, 1.82) is 0 Å². The van der Waals surface area contributed by atoms with Crippen LogP contribution in [0.5, 0.6) is 0 Å². The van der Waals surface area contributed by atoms with Crippen LogP contribution in [-0.4, -0.2) is 16.3 Å². The highest BCUT2D eigenvalue weighted by Gasteiger charge is 2.32. The van der Waals surface area contributed by atoms with Crippen LogP contribution >= 0.6 is 15.9 Å². The van der Waals surface area contributed by atoms with E-state index in [-0.39, 0.29) is 5.91 Å². The highest BCUT2D eigenvalue weighted by Crippen LogP contribution is 2.26. The van der Waals surface area contributed by atoms with Crippen LogP contribution in [-0.2, 0) is 4.79 Å². The predicted molar refractivity (Wildman–Crippen MR) is 435 cm³/mol. The summed E-state index contributed by atoms with van der Waals surface area (Å²) in [6, 6.07) is -0.814. The molecule has 0 unspecified atom stereocenters. The van der Waals surface area contributed by atoms with Gasteiger partial charge in [0.2, 0.25) is 5.91 Å². The van der Waals surface area contributed by atoms with E-state index in [1.54, 1.807) is 0 Å². The smallest absolute Gasteiger partial charge is 0.318 e.